The fraction of sp³-hybridized carbons (Fsp3) is 0.300. The molecule has 148 valence electrons. The van der Waals surface area contributed by atoms with Crippen molar-refractivity contribution in [2.24, 2.45) is 7.05 Å². The molecule has 2 heterocycles. The zero-order chi connectivity index (χ0) is 21.0. The van der Waals surface area contributed by atoms with Gasteiger partial charge < -0.3 is 4.74 Å². The van der Waals surface area contributed by atoms with Crippen LogP contribution >= 0.6 is 11.3 Å². The van der Waals surface area contributed by atoms with Gasteiger partial charge in [0.2, 0.25) is 0 Å². The van der Waals surface area contributed by atoms with E-state index in [4.69, 9.17) is 4.74 Å². The first-order chi connectivity index (χ1) is 13.9. The molecule has 0 fully saturated rings. The number of para-hydroxylation sites is 1. The number of Topliss-reactive ketones (excluding diaryl/α,β-unsaturated/α-hetero) is 1. The second kappa shape index (κ2) is 8.75. The maximum absolute atomic E-state index is 12.4. The van der Waals surface area contributed by atoms with E-state index in [2.05, 4.69) is 9.97 Å². The average Bonchev–Trinajstić information content (AvgIpc) is 3.14. The van der Waals surface area contributed by atoms with Crippen LogP contribution in [-0.2, 0) is 27.8 Å². The number of rotatable bonds is 7. The summed E-state index contributed by atoms with van der Waals surface area (Å²) in [5.41, 5.74) is 1.10. The SMILES string of the molecule is Cc1csc([C@@H](C#N)C(=O)COC(=O)CCc2nc3ccccc3c(=O)n2C)n1. The van der Waals surface area contributed by atoms with E-state index in [0.29, 0.717) is 21.7 Å². The Hall–Kier alpha value is -3.38. The van der Waals surface area contributed by atoms with Crippen LogP contribution in [-0.4, -0.2) is 32.9 Å². The van der Waals surface area contributed by atoms with E-state index in [0.717, 1.165) is 5.69 Å². The van der Waals surface area contributed by atoms with Crippen LogP contribution in [0, 0.1) is 18.3 Å². The predicted octanol–water partition coefficient (Wildman–Crippen LogP) is 2.05. The number of aromatic nitrogens is 3. The Morgan fingerprint density at radius 2 is 2.07 bits per heavy atom. The Kier molecular flexibility index (Phi) is 6.14. The van der Waals surface area contributed by atoms with Crippen molar-refractivity contribution in [3.63, 3.8) is 0 Å². The molecule has 0 N–H and O–H groups in total. The summed E-state index contributed by atoms with van der Waals surface area (Å²) < 4.78 is 6.42. The van der Waals surface area contributed by atoms with Crippen LogP contribution in [0.5, 0.6) is 0 Å². The number of ketones is 1. The van der Waals surface area contributed by atoms with E-state index in [1.54, 1.807) is 43.6 Å². The number of carbonyl (C=O) groups excluding carboxylic acids is 2. The summed E-state index contributed by atoms with van der Waals surface area (Å²) >= 11 is 1.22. The largest absolute Gasteiger partial charge is 0.458 e. The molecule has 8 nitrogen and oxygen atoms in total. The summed E-state index contributed by atoms with van der Waals surface area (Å²) in [6.07, 6.45) is 0.149. The van der Waals surface area contributed by atoms with Crippen molar-refractivity contribution in [1.29, 1.82) is 5.26 Å². The van der Waals surface area contributed by atoms with E-state index in [9.17, 15) is 19.6 Å². The number of thiazole rings is 1. The van der Waals surface area contributed by atoms with Crippen LogP contribution in [0.4, 0.5) is 0 Å². The number of nitrogens with zero attached hydrogens (tertiary/aromatic N) is 4. The molecule has 0 aliphatic heterocycles. The lowest BCUT2D eigenvalue weighted by Gasteiger charge is -2.09. The van der Waals surface area contributed by atoms with Crippen molar-refractivity contribution in [2.75, 3.05) is 6.61 Å². The highest BCUT2D eigenvalue weighted by Gasteiger charge is 2.24. The molecule has 9 heteroatoms. The summed E-state index contributed by atoms with van der Waals surface area (Å²) in [6.45, 7) is 1.27. The molecule has 2 aromatic heterocycles. The fourth-order valence-electron chi connectivity index (χ4n) is 2.78. The second-order valence-corrected chi connectivity index (χ2v) is 7.32. The number of aryl methyl sites for hydroxylation is 2. The molecular formula is C20H18N4O4S. The van der Waals surface area contributed by atoms with Crippen molar-refractivity contribution in [2.45, 2.75) is 25.7 Å². The van der Waals surface area contributed by atoms with E-state index in [1.165, 1.54) is 15.9 Å². The van der Waals surface area contributed by atoms with Crippen LogP contribution in [0.25, 0.3) is 10.9 Å². The molecule has 0 aliphatic carbocycles. The van der Waals surface area contributed by atoms with Gasteiger partial charge in [-0.15, -0.1) is 11.3 Å². The lowest BCUT2D eigenvalue weighted by molar-refractivity contribution is -0.148. The van der Waals surface area contributed by atoms with E-state index < -0.39 is 24.3 Å². The minimum atomic E-state index is -1.05. The third kappa shape index (κ3) is 4.55. The minimum Gasteiger partial charge on any atom is -0.458 e. The van der Waals surface area contributed by atoms with E-state index in [1.807, 2.05) is 6.07 Å². The molecule has 0 saturated carbocycles. The standard InChI is InChI=1S/C20H18N4O4S/c1-12-11-29-19(22-12)14(9-21)16(25)10-28-18(26)8-7-17-23-15-6-4-3-5-13(15)20(27)24(17)2/h3-6,11,14H,7-8,10H2,1-2H3/t14-/m0/s1. The number of hydrogen-bond acceptors (Lipinski definition) is 8. The molecule has 0 aliphatic rings. The molecule has 0 radical (unpaired) electrons. The van der Waals surface area contributed by atoms with Gasteiger partial charge in [0.05, 0.1) is 23.4 Å². The number of nitriles is 1. The Labute approximate surface area is 170 Å². The number of fused-ring (bicyclic) bond motifs is 1. The van der Waals surface area contributed by atoms with Crippen LogP contribution < -0.4 is 5.56 Å². The first kappa shape index (κ1) is 20.4. The molecule has 0 unspecified atom stereocenters. The lowest BCUT2D eigenvalue weighted by Crippen LogP contribution is -2.24. The summed E-state index contributed by atoms with van der Waals surface area (Å²) in [6, 6.07) is 8.89. The van der Waals surface area contributed by atoms with Gasteiger partial charge in [0, 0.05) is 24.5 Å². The zero-order valence-corrected chi connectivity index (χ0v) is 16.7. The highest BCUT2D eigenvalue weighted by molar-refractivity contribution is 7.09. The number of benzene rings is 1. The Balaban J connectivity index is 1.60. The van der Waals surface area contributed by atoms with E-state index in [-0.39, 0.29) is 18.4 Å². The summed E-state index contributed by atoms with van der Waals surface area (Å²) in [4.78, 5) is 45.2. The van der Waals surface area contributed by atoms with Crippen LogP contribution in [0.15, 0.2) is 34.4 Å². The van der Waals surface area contributed by atoms with Gasteiger partial charge in [-0.25, -0.2) is 9.97 Å². The molecule has 3 rings (SSSR count). The average molecular weight is 410 g/mol. The van der Waals surface area contributed by atoms with Crippen LogP contribution in [0.1, 0.15) is 28.9 Å². The first-order valence-corrected chi connectivity index (χ1v) is 9.73. The van der Waals surface area contributed by atoms with Gasteiger partial charge in [0.1, 0.15) is 10.8 Å². The predicted molar refractivity (Wildman–Crippen MR) is 106 cm³/mol. The van der Waals surface area contributed by atoms with Gasteiger partial charge in [-0.2, -0.15) is 5.26 Å². The first-order valence-electron chi connectivity index (χ1n) is 8.85. The normalized spacial score (nSPS) is 11.8. The third-order valence-corrected chi connectivity index (χ3v) is 5.37. The van der Waals surface area contributed by atoms with Gasteiger partial charge in [0.25, 0.3) is 5.56 Å². The van der Waals surface area contributed by atoms with Gasteiger partial charge in [-0.05, 0) is 19.1 Å². The van der Waals surface area contributed by atoms with Crippen molar-refractivity contribution in [3.8, 4) is 6.07 Å². The van der Waals surface area contributed by atoms with E-state index >= 15 is 0 Å². The molecule has 3 aromatic rings. The van der Waals surface area contributed by atoms with Gasteiger partial charge in [-0.3, -0.25) is 19.0 Å². The maximum Gasteiger partial charge on any atom is 0.306 e. The van der Waals surface area contributed by atoms with Gasteiger partial charge >= 0.3 is 5.97 Å². The third-order valence-electron chi connectivity index (χ3n) is 4.34. The van der Waals surface area contributed by atoms with Gasteiger partial charge in [-0.1, -0.05) is 12.1 Å². The molecule has 0 saturated heterocycles. The zero-order valence-electron chi connectivity index (χ0n) is 15.9. The molecule has 0 amide bonds. The summed E-state index contributed by atoms with van der Waals surface area (Å²) in [7, 11) is 1.60. The summed E-state index contributed by atoms with van der Waals surface area (Å²) in [5, 5.41) is 11.9. The molecular weight excluding hydrogens is 392 g/mol. The Bertz CT molecular complexity index is 1180. The summed E-state index contributed by atoms with van der Waals surface area (Å²) in [5.74, 6) is -1.73. The molecule has 0 spiro atoms. The van der Waals surface area contributed by atoms with Crippen LogP contribution in [0.3, 0.4) is 0 Å². The quantitative estimate of drug-likeness (QED) is 0.548. The highest BCUT2D eigenvalue weighted by atomic mass is 32.1. The smallest absolute Gasteiger partial charge is 0.306 e. The fourth-order valence-corrected chi connectivity index (χ4v) is 3.64. The monoisotopic (exact) mass is 410 g/mol. The number of esters is 1. The molecule has 1 aromatic carbocycles. The minimum absolute atomic E-state index is 0.0422. The van der Waals surface area contributed by atoms with Gasteiger partial charge in [0.15, 0.2) is 18.3 Å². The number of hydrogen-bond donors (Lipinski definition) is 0. The van der Waals surface area contributed by atoms with Crippen LogP contribution in [0.2, 0.25) is 0 Å². The molecule has 1 atom stereocenters. The van der Waals surface area contributed by atoms with Crippen molar-refractivity contribution in [1.82, 2.24) is 14.5 Å². The maximum atomic E-state index is 12.4. The lowest BCUT2D eigenvalue weighted by atomic mass is 10.1. The number of ether oxygens (including phenoxy) is 1. The van der Waals surface area contributed by atoms with Crippen molar-refractivity contribution < 1.29 is 14.3 Å². The van der Waals surface area contributed by atoms with Crippen molar-refractivity contribution in [3.05, 3.63) is 56.5 Å². The molecule has 29 heavy (non-hydrogen) atoms. The molecule has 0 bridgehead atoms. The Morgan fingerprint density at radius 3 is 2.76 bits per heavy atom. The van der Waals surface area contributed by atoms with Crippen molar-refractivity contribution >= 4 is 34.0 Å². The highest BCUT2D eigenvalue weighted by Crippen LogP contribution is 2.20. The topological polar surface area (TPSA) is 115 Å². The second-order valence-electron chi connectivity index (χ2n) is 6.43. The number of carbonyl (C=O) groups is 2. The Morgan fingerprint density at radius 1 is 1.31 bits per heavy atom.